The number of hydrogen-bond acceptors (Lipinski definition) is 6. The molecular weight excluding hydrogens is 330 g/mol. The number of aromatic nitrogens is 4. The Hall–Kier alpha value is -2.94. The molecule has 0 aliphatic carbocycles. The van der Waals surface area contributed by atoms with Crippen LogP contribution in [0.5, 0.6) is 5.75 Å². The van der Waals surface area contributed by atoms with Crippen LogP contribution in [0.25, 0.3) is 10.6 Å². The van der Waals surface area contributed by atoms with Gasteiger partial charge in [-0.15, -0.1) is 16.4 Å². The number of methoxy groups -OCH3 is 1. The van der Waals surface area contributed by atoms with Crippen LogP contribution in [0, 0.1) is 0 Å². The van der Waals surface area contributed by atoms with Crippen molar-refractivity contribution in [3.63, 3.8) is 0 Å². The summed E-state index contributed by atoms with van der Waals surface area (Å²) in [6.45, 7) is 0.305. The van der Waals surface area contributed by atoms with E-state index in [9.17, 15) is 9.59 Å². The average molecular weight is 345 g/mol. The molecule has 2 N–H and O–H groups in total. The van der Waals surface area contributed by atoms with Crippen LogP contribution in [0.2, 0.25) is 0 Å². The lowest BCUT2D eigenvalue weighted by Gasteiger charge is -2.01. The van der Waals surface area contributed by atoms with Crippen molar-refractivity contribution < 1.29 is 9.53 Å². The lowest BCUT2D eigenvalue weighted by Crippen LogP contribution is -2.24. The molecule has 0 bridgehead atoms. The number of ether oxygens (including phenoxy) is 1. The van der Waals surface area contributed by atoms with Gasteiger partial charge in [0.25, 0.3) is 5.91 Å². The van der Waals surface area contributed by atoms with Crippen LogP contribution >= 0.6 is 11.3 Å². The first-order valence-electron chi connectivity index (χ1n) is 7.07. The molecule has 9 heteroatoms. The Labute approximate surface area is 141 Å². The number of nitrogens with one attached hydrogen (secondary N) is 2. The second kappa shape index (κ2) is 6.67. The number of amides is 1. The van der Waals surface area contributed by atoms with E-state index in [2.05, 4.69) is 20.4 Å². The number of aromatic amines is 1. The predicted octanol–water partition coefficient (Wildman–Crippen LogP) is 1.17. The molecule has 3 rings (SSSR count). The van der Waals surface area contributed by atoms with Crippen LogP contribution in [0.4, 0.5) is 0 Å². The summed E-state index contributed by atoms with van der Waals surface area (Å²) in [4.78, 5) is 30.9. The third kappa shape index (κ3) is 3.35. The average Bonchev–Trinajstić information content (AvgIpc) is 3.20. The Bertz CT molecular complexity index is 927. The molecule has 0 saturated carbocycles. The molecule has 3 aromatic rings. The number of aryl methyl sites for hydroxylation is 1. The molecule has 1 amide bonds. The third-order valence-corrected chi connectivity index (χ3v) is 4.32. The van der Waals surface area contributed by atoms with Crippen molar-refractivity contribution in [3.05, 3.63) is 51.6 Å². The zero-order valence-electron chi connectivity index (χ0n) is 13.1. The molecule has 124 valence electrons. The van der Waals surface area contributed by atoms with Crippen molar-refractivity contribution in [2.75, 3.05) is 7.11 Å². The van der Waals surface area contributed by atoms with Crippen LogP contribution in [-0.2, 0) is 13.6 Å². The molecule has 0 unspecified atom stereocenters. The highest BCUT2D eigenvalue weighted by Gasteiger charge is 2.12. The maximum Gasteiger partial charge on any atom is 0.343 e. The zero-order chi connectivity index (χ0) is 17.1. The van der Waals surface area contributed by atoms with Gasteiger partial charge >= 0.3 is 5.69 Å². The van der Waals surface area contributed by atoms with Gasteiger partial charge in [-0.3, -0.25) is 9.78 Å². The van der Waals surface area contributed by atoms with Gasteiger partial charge in [0.1, 0.15) is 10.8 Å². The summed E-state index contributed by atoms with van der Waals surface area (Å²) in [5, 5.41) is 7.35. The number of carbonyl (C=O) groups excluding carboxylic acids is 1. The molecule has 2 heterocycles. The van der Waals surface area contributed by atoms with E-state index in [1.165, 1.54) is 18.4 Å². The summed E-state index contributed by atoms with van der Waals surface area (Å²) < 4.78 is 6.28. The minimum Gasteiger partial charge on any atom is -0.497 e. The van der Waals surface area contributed by atoms with Gasteiger partial charge in [0, 0.05) is 23.7 Å². The Balaban J connectivity index is 1.67. The van der Waals surface area contributed by atoms with E-state index in [0.717, 1.165) is 25.9 Å². The van der Waals surface area contributed by atoms with E-state index in [1.807, 2.05) is 24.3 Å². The normalized spacial score (nSPS) is 10.6. The van der Waals surface area contributed by atoms with Gasteiger partial charge < -0.3 is 10.1 Å². The van der Waals surface area contributed by atoms with Crippen molar-refractivity contribution in [1.29, 1.82) is 0 Å². The van der Waals surface area contributed by atoms with E-state index < -0.39 is 11.6 Å². The first-order valence-corrected chi connectivity index (χ1v) is 7.89. The fourth-order valence-corrected chi connectivity index (χ4v) is 2.88. The van der Waals surface area contributed by atoms with E-state index in [4.69, 9.17) is 4.74 Å². The van der Waals surface area contributed by atoms with E-state index in [0.29, 0.717) is 6.54 Å². The van der Waals surface area contributed by atoms with Crippen molar-refractivity contribution in [3.8, 4) is 16.3 Å². The standard InChI is InChI=1S/C15H15N5O3S/c1-20-15(22)18-12(19-20)13(21)16-7-11-8-17-14(24-11)9-4-3-5-10(6-9)23-2/h3-6,8H,7H2,1-2H3,(H,16,21)(H,18,19,22). The summed E-state index contributed by atoms with van der Waals surface area (Å²) in [6.07, 6.45) is 1.71. The Kier molecular flexibility index (Phi) is 4.43. The highest BCUT2D eigenvalue weighted by molar-refractivity contribution is 7.15. The smallest absolute Gasteiger partial charge is 0.343 e. The Morgan fingerprint density at radius 2 is 2.29 bits per heavy atom. The van der Waals surface area contributed by atoms with E-state index >= 15 is 0 Å². The van der Waals surface area contributed by atoms with Crippen LogP contribution < -0.4 is 15.7 Å². The highest BCUT2D eigenvalue weighted by Crippen LogP contribution is 2.27. The second-order valence-electron chi connectivity index (χ2n) is 4.95. The molecule has 0 aliphatic heterocycles. The van der Waals surface area contributed by atoms with Crippen LogP contribution in [0.1, 0.15) is 15.5 Å². The first-order chi connectivity index (χ1) is 11.6. The molecule has 0 radical (unpaired) electrons. The van der Waals surface area contributed by atoms with Crippen LogP contribution in [0.3, 0.4) is 0 Å². The number of nitrogens with zero attached hydrogens (tertiary/aromatic N) is 3. The van der Waals surface area contributed by atoms with Crippen molar-refractivity contribution in [2.45, 2.75) is 6.54 Å². The summed E-state index contributed by atoms with van der Waals surface area (Å²) in [6, 6.07) is 7.61. The second-order valence-corrected chi connectivity index (χ2v) is 6.06. The van der Waals surface area contributed by atoms with Gasteiger partial charge in [0.15, 0.2) is 0 Å². The molecule has 0 spiro atoms. The summed E-state index contributed by atoms with van der Waals surface area (Å²) in [7, 11) is 3.09. The number of carbonyl (C=O) groups is 1. The van der Waals surface area contributed by atoms with Gasteiger partial charge in [0.05, 0.1) is 13.7 Å². The van der Waals surface area contributed by atoms with Gasteiger partial charge in [-0.05, 0) is 12.1 Å². The largest absolute Gasteiger partial charge is 0.497 e. The maximum absolute atomic E-state index is 12.0. The lowest BCUT2D eigenvalue weighted by molar-refractivity contribution is 0.0940. The minimum absolute atomic E-state index is 0.0139. The molecular formula is C15H15N5O3S. The Morgan fingerprint density at radius 3 is 3.00 bits per heavy atom. The molecule has 8 nitrogen and oxygen atoms in total. The van der Waals surface area contributed by atoms with E-state index in [1.54, 1.807) is 13.3 Å². The number of benzene rings is 1. The molecule has 24 heavy (non-hydrogen) atoms. The van der Waals surface area contributed by atoms with E-state index in [-0.39, 0.29) is 5.82 Å². The molecule has 0 aliphatic rings. The molecule has 0 atom stereocenters. The van der Waals surface area contributed by atoms with Crippen molar-refractivity contribution in [2.24, 2.45) is 7.05 Å². The molecule has 0 fully saturated rings. The zero-order valence-corrected chi connectivity index (χ0v) is 13.9. The monoisotopic (exact) mass is 345 g/mol. The van der Waals surface area contributed by atoms with Gasteiger partial charge in [-0.1, -0.05) is 12.1 Å². The van der Waals surface area contributed by atoms with Crippen molar-refractivity contribution in [1.82, 2.24) is 25.1 Å². The van der Waals surface area contributed by atoms with Crippen LogP contribution in [-0.4, -0.2) is 32.8 Å². The number of rotatable bonds is 5. The third-order valence-electron chi connectivity index (χ3n) is 3.28. The van der Waals surface area contributed by atoms with Gasteiger partial charge in [0.2, 0.25) is 5.82 Å². The number of hydrogen-bond donors (Lipinski definition) is 2. The highest BCUT2D eigenvalue weighted by atomic mass is 32.1. The number of thiazole rings is 1. The predicted molar refractivity (Wildman–Crippen MR) is 89.1 cm³/mol. The molecule has 1 aromatic carbocycles. The lowest BCUT2D eigenvalue weighted by atomic mass is 10.2. The summed E-state index contributed by atoms with van der Waals surface area (Å²) in [5.74, 6) is 0.306. The van der Waals surface area contributed by atoms with Crippen LogP contribution in [0.15, 0.2) is 35.3 Å². The van der Waals surface area contributed by atoms with Crippen molar-refractivity contribution >= 4 is 17.2 Å². The Morgan fingerprint density at radius 1 is 1.46 bits per heavy atom. The van der Waals surface area contributed by atoms with Gasteiger partial charge in [-0.2, -0.15) is 0 Å². The minimum atomic E-state index is -0.441. The summed E-state index contributed by atoms with van der Waals surface area (Å²) in [5.41, 5.74) is 0.518. The molecule has 2 aromatic heterocycles. The van der Waals surface area contributed by atoms with Gasteiger partial charge in [-0.25, -0.2) is 14.5 Å². The quantitative estimate of drug-likeness (QED) is 0.723. The topological polar surface area (TPSA) is 102 Å². The molecule has 0 saturated heterocycles. The number of H-pyrrole nitrogens is 1. The summed E-state index contributed by atoms with van der Waals surface area (Å²) >= 11 is 1.47. The SMILES string of the molecule is COc1cccc(-c2ncc(CNC(=O)c3nn(C)c(=O)[nH]3)s2)c1. The fourth-order valence-electron chi connectivity index (χ4n) is 2.03. The maximum atomic E-state index is 12.0. The first kappa shape index (κ1) is 15.9. The fraction of sp³-hybridized carbons (Fsp3) is 0.200.